The second-order valence-electron chi connectivity index (χ2n) is 11.7. The van der Waals surface area contributed by atoms with Crippen LogP contribution in [0.2, 0.25) is 0 Å². The highest BCUT2D eigenvalue weighted by molar-refractivity contribution is 7.80. The molecule has 0 aromatic heterocycles. The molecule has 0 spiro atoms. The summed E-state index contributed by atoms with van der Waals surface area (Å²) >= 11 is 4.08. The van der Waals surface area contributed by atoms with E-state index in [9.17, 15) is 38.7 Å². The van der Waals surface area contributed by atoms with Gasteiger partial charge in [-0.2, -0.15) is 12.6 Å². The molecule has 0 radical (unpaired) electrons. The molecule has 8 N–H and O–H groups in total. The van der Waals surface area contributed by atoms with Gasteiger partial charge in [0.1, 0.15) is 42.5 Å². The minimum atomic E-state index is -1.28. The van der Waals surface area contributed by atoms with Crippen LogP contribution in [0.4, 0.5) is 0 Å². The van der Waals surface area contributed by atoms with Gasteiger partial charge in [0.15, 0.2) is 0 Å². The Morgan fingerprint density at radius 2 is 1.16 bits per heavy atom. The van der Waals surface area contributed by atoms with Crippen LogP contribution in [0.25, 0.3) is 0 Å². The van der Waals surface area contributed by atoms with Gasteiger partial charge in [-0.15, -0.1) is 0 Å². The monoisotopic (exact) mass is 700 g/mol. The zero-order valence-corrected chi connectivity index (χ0v) is 28.6. The Morgan fingerprint density at radius 1 is 0.653 bits per heavy atom. The van der Waals surface area contributed by atoms with Gasteiger partial charge in [0.05, 0.1) is 0 Å². The molecule has 15 nitrogen and oxygen atoms in total. The van der Waals surface area contributed by atoms with E-state index in [0.29, 0.717) is 11.1 Å². The van der Waals surface area contributed by atoms with Gasteiger partial charge in [0.2, 0.25) is 35.4 Å². The molecule has 5 atom stereocenters. The van der Waals surface area contributed by atoms with Crippen LogP contribution in [0.15, 0.2) is 54.6 Å². The lowest BCUT2D eigenvalue weighted by molar-refractivity contribution is -0.138. The molecular formula is C33H44N6O9S. The molecule has 0 bridgehead atoms. The van der Waals surface area contributed by atoms with Crippen molar-refractivity contribution in [3.8, 4) is 5.75 Å². The summed E-state index contributed by atoms with van der Waals surface area (Å²) in [6.45, 7) is 5.44. The summed E-state index contributed by atoms with van der Waals surface area (Å²) < 4.78 is 0. The summed E-state index contributed by atoms with van der Waals surface area (Å²) in [5.41, 5.74) is 1.26. The summed E-state index contributed by atoms with van der Waals surface area (Å²) in [5, 5.41) is 33.6. The number of benzene rings is 2. The summed E-state index contributed by atoms with van der Waals surface area (Å²) in [7, 11) is 0. The average molecular weight is 701 g/mol. The highest BCUT2D eigenvalue weighted by atomic mass is 32.1. The second-order valence-corrected chi connectivity index (χ2v) is 12.1. The maximum absolute atomic E-state index is 13.5. The predicted octanol–water partition coefficient (Wildman–Crippen LogP) is -0.572. The molecule has 0 aliphatic rings. The van der Waals surface area contributed by atoms with E-state index < -0.39 is 78.2 Å². The van der Waals surface area contributed by atoms with Crippen LogP contribution in [0.1, 0.15) is 38.8 Å². The van der Waals surface area contributed by atoms with Crippen LogP contribution in [0.5, 0.6) is 5.75 Å². The van der Waals surface area contributed by atoms with E-state index in [0.717, 1.165) is 0 Å². The summed E-state index contributed by atoms with van der Waals surface area (Å²) in [6.07, 6.45) is -0.0143. The minimum absolute atomic E-state index is 0.000263. The molecule has 0 aliphatic carbocycles. The number of phenolic OH excluding ortho intramolecular Hbond substituents is 1. The Bertz CT molecular complexity index is 1470. The fourth-order valence-electron chi connectivity index (χ4n) is 4.58. The molecule has 49 heavy (non-hydrogen) atoms. The maximum Gasteiger partial charge on any atom is 0.322 e. The number of carbonyl (C=O) groups excluding carboxylic acids is 6. The van der Waals surface area contributed by atoms with E-state index in [1.54, 1.807) is 56.3 Å². The van der Waals surface area contributed by atoms with Crippen molar-refractivity contribution < 1.29 is 43.8 Å². The zero-order valence-electron chi connectivity index (χ0n) is 27.7. The lowest BCUT2D eigenvalue weighted by atomic mass is 10.0. The third-order valence-electron chi connectivity index (χ3n) is 7.21. The van der Waals surface area contributed by atoms with Gasteiger partial charge in [-0.05, 0) is 36.1 Å². The number of nitrogens with one attached hydrogen (secondary N) is 6. The number of aliphatic carboxylic acids is 1. The van der Waals surface area contributed by atoms with Crippen LogP contribution in [0, 0.1) is 5.92 Å². The van der Waals surface area contributed by atoms with Crippen molar-refractivity contribution in [1.29, 1.82) is 0 Å². The van der Waals surface area contributed by atoms with Crippen molar-refractivity contribution in [3.05, 3.63) is 65.7 Å². The van der Waals surface area contributed by atoms with Crippen LogP contribution < -0.4 is 31.9 Å². The molecule has 0 heterocycles. The van der Waals surface area contributed by atoms with Gasteiger partial charge in [-0.1, -0.05) is 56.3 Å². The molecule has 0 aliphatic heterocycles. The molecule has 2 aromatic rings. The van der Waals surface area contributed by atoms with E-state index in [1.807, 2.05) is 0 Å². The second kappa shape index (κ2) is 19.6. The van der Waals surface area contributed by atoms with Gasteiger partial charge < -0.3 is 42.1 Å². The van der Waals surface area contributed by atoms with E-state index >= 15 is 0 Å². The Morgan fingerprint density at radius 3 is 1.67 bits per heavy atom. The lowest BCUT2D eigenvalue weighted by Gasteiger charge is -2.27. The SMILES string of the molecule is CC(=O)N[C@H](C(=O)N[C@@H](Cc1ccc(O)cc1)C(=O)N[C@@H](C)C(=O)N[C@@H](Cc1ccccc1)C(=O)N[C@@H](CS)C(=O)NCC(=O)O)C(C)C. The number of phenols is 1. The Kier molecular flexibility index (Phi) is 16.1. The number of hydrogen-bond acceptors (Lipinski definition) is 9. The lowest BCUT2D eigenvalue weighted by Crippen LogP contribution is -2.59. The third-order valence-corrected chi connectivity index (χ3v) is 7.58. The smallest absolute Gasteiger partial charge is 0.322 e. The number of rotatable bonds is 18. The summed E-state index contributed by atoms with van der Waals surface area (Å²) in [5.74, 6) is -5.83. The van der Waals surface area contributed by atoms with Gasteiger partial charge in [-0.3, -0.25) is 33.6 Å². The van der Waals surface area contributed by atoms with Gasteiger partial charge in [-0.25, -0.2) is 0 Å². The van der Waals surface area contributed by atoms with Crippen molar-refractivity contribution in [2.24, 2.45) is 5.92 Å². The number of thiol groups is 1. The fraction of sp³-hybridized carbons (Fsp3) is 0.424. The molecule has 16 heteroatoms. The van der Waals surface area contributed by atoms with E-state index in [2.05, 4.69) is 44.5 Å². The largest absolute Gasteiger partial charge is 0.508 e. The third kappa shape index (κ3) is 13.9. The first-order valence-electron chi connectivity index (χ1n) is 15.5. The molecule has 2 aromatic carbocycles. The number of aromatic hydroxyl groups is 1. The van der Waals surface area contributed by atoms with Crippen LogP contribution in [-0.4, -0.2) is 94.1 Å². The number of hydrogen-bond donors (Lipinski definition) is 9. The minimum Gasteiger partial charge on any atom is -0.508 e. The van der Waals surface area contributed by atoms with Crippen molar-refractivity contribution in [1.82, 2.24) is 31.9 Å². The zero-order chi connectivity index (χ0) is 36.7. The van der Waals surface area contributed by atoms with Crippen molar-refractivity contribution in [2.75, 3.05) is 12.3 Å². The molecule has 266 valence electrons. The van der Waals surface area contributed by atoms with Gasteiger partial charge in [0, 0.05) is 25.5 Å². The van der Waals surface area contributed by atoms with Gasteiger partial charge in [0.25, 0.3) is 0 Å². The van der Waals surface area contributed by atoms with Crippen molar-refractivity contribution in [2.45, 2.75) is 70.7 Å². The average Bonchev–Trinajstić information content (AvgIpc) is 3.05. The predicted molar refractivity (Wildman–Crippen MR) is 182 cm³/mol. The van der Waals surface area contributed by atoms with E-state index in [4.69, 9.17) is 5.11 Å². The van der Waals surface area contributed by atoms with E-state index in [-0.39, 0.29) is 30.3 Å². The first kappa shape index (κ1) is 40.1. The van der Waals surface area contributed by atoms with Crippen LogP contribution in [0.3, 0.4) is 0 Å². The van der Waals surface area contributed by atoms with Crippen molar-refractivity contribution in [3.63, 3.8) is 0 Å². The summed E-state index contributed by atoms with van der Waals surface area (Å²) in [4.78, 5) is 88.5. The number of carboxylic acid groups (broad SMARTS) is 1. The number of amides is 6. The number of carboxylic acids is 1. The first-order chi connectivity index (χ1) is 23.1. The molecular weight excluding hydrogens is 656 g/mol. The van der Waals surface area contributed by atoms with Crippen molar-refractivity contribution >= 4 is 54.0 Å². The standard InChI is InChI=1S/C33H44N6O9S/c1-18(2)28(36-20(4)40)33(48)38-24(15-22-10-12-23(41)13-11-22)31(46)35-19(3)29(44)37-25(14-21-8-6-5-7-9-21)32(47)39-26(17-49)30(45)34-16-27(42)43/h5-13,18-19,24-26,28,41,49H,14-17H2,1-4H3,(H,34,45)(H,35,46)(H,36,40)(H,37,44)(H,38,48)(H,39,47)(H,42,43)/t19-,24-,25-,26-,28-/m0/s1. The maximum atomic E-state index is 13.5. The first-order valence-corrected chi connectivity index (χ1v) is 16.1. The van der Waals surface area contributed by atoms with Gasteiger partial charge >= 0.3 is 5.97 Å². The topological polar surface area (TPSA) is 232 Å². The molecule has 2 rings (SSSR count). The molecule has 6 amide bonds. The molecule has 0 saturated heterocycles. The summed E-state index contributed by atoms with van der Waals surface area (Å²) in [6, 6.07) is 8.89. The molecule has 0 fully saturated rings. The Hall–Kier alpha value is -5.12. The van der Waals surface area contributed by atoms with Crippen LogP contribution in [-0.2, 0) is 46.4 Å². The number of carbonyl (C=O) groups is 7. The van der Waals surface area contributed by atoms with Crippen LogP contribution >= 0.6 is 12.6 Å². The fourth-order valence-corrected chi connectivity index (χ4v) is 4.84. The Labute approximate surface area is 289 Å². The normalized spacial score (nSPS) is 13.8. The van der Waals surface area contributed by atoms with E-state index in [1.165, 1.54) is 26.0 Å². The highest BCUT2D eigenvalue weighted by Gasteiger charge is 2.32. The highest BCUT2D eigenvalue weighted by Crippen LogP contribution is 2.13. The molecule has 0 saturated carbocycles. The molecule has 0 unspecified atom stereocenters. The quantitative estimate of drug-likeness (QED) is 0.0905. The Balaban J connectivity index is 2.25.